The second-order valence-corrected chi connectivity index (χ2v) is 8.35. The second kappa shape index (κ2) is 6.86. The van der Waals surface area contributed by atoms with Crippen LogP contribution in [0, 0.1) is 6.92 Å². The van der Waals surface area contributed by atoms with Crippen molar-refractivity contribution < 1.29 is 26.0 Å². The van der Waals surface area contributed by atoms with Gasteiger partial charge in [0, 0.05) is 6.54 Å². The number of alkyl halides is 3. The number of aryl methyl sites for hydroxylation is 1. The lowest BCUT2D eigenvalue weighted by atomic mass is 10.1. The van der Waals surface area contributed by atoms with Crippen LogP contribution < -0.4 is 0 Å². The summed E-state index contributed by atoms with van der Waals surface area (Å²) in [6.45, 7) is 1.91. The van der Waals surface area contributed by atoms with Gasteiger partial charge in [0.1, 0.15) is 16.7 Å². The van der Waals surface area contributed by atoms with Crippen molar-refractivity contribution in [3.05, 3.63) is 46.6 Å². The van der Waals surface area contributed by atoms with E-state index in [-0.39, 0.29) is 17.3 Å². The summed E-state index contributed by atoms with van der Waals surface area (Å²) in [5.41, 5.74) is -1.00. The minimum Gasteiger partial charge on any atom is -0.444 e. The molecule has 1 aliphatic rings. The monoisotopic (exact) mass is 408 g/mol. The molecule has 1 unspecified atom stereocenters. The fourth-order valence-corrected chi connectivity index (χ4v) is 5.15. The SMILES string of the molecule is Cc1cnc(C2CCCCN2S(=O)(=O)c2ccc(C(F)(F)F)cc2Cl)o1. The topological polar surface area (TPSA) is 63.4 Å². The summed E-state index contributed by atoms with van der Waals surface area (Å²) >= 11 is 5.89. The Labute approximate surface area is 153 Å². The van der Waals surface area contributed by atoms with Crippen molar-refractivity contribution in [2.24, 2.45) is 0 Å². The predicted octanol–water partition coefficient (Wildman–Crippen LogP) is 4.57. The first-order valence-electron chi connectivity index (χ1n) is 7.91. The summed E-state index contributed by atoms with van der Waals surface area (Å²) in [5.74, 6) is 0.823. The van der Waals surface area contributed by atoms with E-state index in [4.69, 9.17) is 16.0 Å². The maximum absolute atomic E-state index is 13.1. The Morgan fingerprint density at radius 3 is 2.62 bits per heavy atom. The van der Waals surface area contributed by atoms with Crippen molar-refractivity contribution in [3.63, 3.8) is 0 Å². The molecule has 1 aliphatic heterocycles. The molecule has 1 atom stereocenters. The molecule has 1 aromatic heterocycles. The zero-order valence-electron chi connectivity index (χ0n) is 13.8. The predicted molar refractivity (Wildman–Crippen MR) is 88.2 cm³/mol. The molecule has 0 spiro atoms. The molecule has 1 fully saturated rings. The summed E-state index contributed by atoms with van der Waals surface area (Å²) in [6, 6.07) is 1.63. The Balaban J connectivity index is 2.00. The van der Waals surface area contributed by atoms with E-state index in [1.807, 2.05) is 0 Å². The first-order chi connectivity index (χ1) is 12.1. The Morgan fingerprint density at radius 1 is 1.31 bits per heavy atom. The molecule has 0 aliphatic carbocycles. The van der Waals surface area contributed by atoms with Crippen LogP contribution in [-0.2, 0) is 16.2 Å². The number of halogens is 4. The summed E-state index contributed by atoms with van der Waals surface area (Å²) in [7, 11) is -4.11. The number of aromatic nitrogens is 1. The Hall–Kier alpha value is -1.58. The zero-order chi connectivity index (χ0) is 19.1. The highest BCUT2D eigenvalue weighted by molar-refractivity contribution is 7.89. The van der Waals surface area contributed by atoms with Crippen molar-refractivity contribution in [2.75, 3.05) is 6.54 Å². The van der Waals surface area contributed by atoms with Gasteiger partial charge in [0.15, 0.2) is 0 Å². The third-order valence-corrected chi connectivity index (χ3v) is 6.61. The maximum atomic E-state index is 13.1. The fraction of sp³-hybridized carbons (Fsp3) is 0.438. The van der Waals surface area contributed by atoms with E-state index in [1.165, 1.54) is 10.5 Å². The van der Waals surface area contributed by atoms with E-state index < -0.39 is 32.8 Å². The van der Waals surface area contributed by atoms with Crippen LogP contribution in [0.1, 0.15) is 42.5 Å². The molecule has 142 valence electrons. The normalized spacial score (nSPS) is 19.7. The first kappa shape index (κ1) is 19.2. The highest BCUT2D eigenvalue weighted by Gasteiger charge is 2.39. The van der Waals surface area contributed by atoms with Gasteiger partial charge in [-0.3, -0.25) is 0 Å². The molecular formula is C16H16ClF3N2O3S. The van der Waals surface area contributed by atoms with Crippen LogP contribution in [0.25, 0.3) is 0 Å². The lowest BCUT2D eigenvalue weighted by Crippen LogP contribution is -2.38. The van der Waals surface area contributed by atoms with Gasteiger partial charge in [0.05, 0.1) is 16.8 Å². The second-order valence-electron chi connectivity index (χ2n) is 6.08. The largest absolute Gasteiger partial charge is 0.444 e. The van der Waals surface area contributed by atoms with Gasteiger partial charge in [-0.15, -0.1) is 0 Å². The quantitative estimate of drug-likeness (QED) is 0.746. The van der Waals surface area contributed by atoms with Gasteiger partial charge in [0.25, 0.3) is 0 Å². The number of rotatable bonds is 3. The van der Waals surface area contributed by atoms with Gasteiger partial charge in [-0.2, -0.15) is 17.5 Å². The number of sulfonamides is 1. The van der Waals surface area contributed by atoms with Crippen LogP contribution in [0.3, 0.4) is 0 Å². The summed E-state index contributed by atoms with van der Waals surface area (Å²) in [4.78, 5) is 3.75. The molecule has 26 heavy (non-hydrogen) atoms. The highest BCUT2D eigenvalue weighted by atomic mass is 35.5. The maximum Gasteiger partial charge on any atom is 0.416 e. The fourth-order valence-electron chi connectivity index (χ4n) is 2.98. The summed E-state index contributed by atoms with van der Waals surface area (Å²) < 4.78 is 71.2. The van der Waals surface area contributed by atoms with Crippen LogP contribution in [-0.4, -0.2) is 24.3 Å². The molecule has 0 bridgehead atoms. The van der Waals surface area contributed by atoms with Crippen LogP contribution >= 0.6 is 11.6 Å². The number of hydrogen-bond donors (Lipinski definition) is 0. The molecule has 3 rings (SSSR count). The van der Waals surface area contributed by atoms with Crippen LogP contribution in [0.15, 0.2) is 33.7 Å². The number of oxazole rings is 1. The number of piperidine rings is 1. The molecule has 1 saturated heterocycles. The van der Waals surface area contributed by atoms with E-state index in [0.29, 0.717) is 30.7 Å². The van der Waals surface area contributed by atoms with E-state index in [2.05, 4.69) is 4.98 Å². The molecule has 0 amide bonds. The van der Waals surface area contributed by atoms with Gasteiger partial charge in [-0.1, -0.05) is 18.0 Å². The van der Waals surface area contributed by atoms with E-state index in [0.717, 1.165) is 12.5 Å². The van der Waals surface area contributed by atoms with E-state index >= 15 is 0 Å². The van der Waals surface area contributed by atoms with Crippen molar-refractivity contribution >= 4 is 21.6 Å². The molecule has 0 radical (unpaired) electrons. The van der Waals surface area contributed by atoms with Gasteiger partial charge in [-0.05, 0) is 38.0 Å². The van der Waals surface area contributed by atoms with Gasteiger partial charge < -0.3 is 4.42 Å². The molecule has 10 heteroatoms. The molecule has 1 aromatic carbocycles. The average Bonchev–Trinajstić information content (AvgIpc) is 3.00. The first-order valence-corrected chi connectivity index (χ1v) is 9.73. The minimum atomic E-state index is -4.60. The van der Waals surface area contributed by atoms with Crippen LogP contribution in [0.5, 0.6) is 0 Å². The third-order valence-electron chi connectivity index (χ3n) is 4.22. The molecule has 0 saturated carbocycles. The van der Waals surface area contributed by atoms with E-state index in [9.17, 15) is 21.6 Å². The van der Waals surface area contributed by atoms with Gasteiger partial charge >= 0.3 is 6.18 Å². The zero-order valence-corrected chi connectivity index (χ0v) is 15.3. The smallest absolute Gasteiger partial charge is 0.416 e. The third kappa shape index (κ3) is 3.60. The van der Waals surface area contributed by atoms with Crippen molar-refractivity contribution in [2.45, 2.75) is 43.3 Å². The Morgan fingerprint density at radius 2 is 2.04 bits per heavy atom. The molecule has 5 nitrogen and oxygen atoms in total. The molecule has 2 aromatic rings. The van der Waals surface area contributed by atoms with Crippen LogP contribution in [0.2, 0.25) is 5.02 Å². The average molecular weight is 409 g/mol. The summed E-state index contributed by atoms with van der Waals surface area (Å²) in [5, 5.41) is -0.465. The Kier molecular flexibility index (Phi) is 5.06. The van der Waals surface area contributed by atoms with Crippen molar-refractivity contribution in [1.82, 2.24) is 9.29 Å². The molecule has 0 N–H and O–H groups in total. The lowest BCUT2D eigenvalue weighted by Gasteiger charge is -2.33. The number of benzene rings is 1. The summed E-state index contributed by atoms with van der Waals surface area (Å²) in [6.07, 6.45) is -1.17. The number of nitrogens with zero attached hydrogens (tertiary/aromatic N) is 2. The highest BCUT2D eigenvalue weighted by Crippen LogP contribution is 2.38. The number of hydrogen-bond acceptors (Lipinski definition) is 4. The minimum absolute atomic E-state index is 0.214. The van der Waals surface area contributed by atoms with Crippen LogP contribution in [0.4, 0.5) is 13.2 Å². The van der Waals surface area contributed by atoms with Gasteiger partial charge in [0.2, 0.25) is 15.9 Å². The molecular weight excluding hydrogens is 393 g/mol. The van der Waals surface area contributed by atoms with Crippen molar-refractivity contribution in [3.8, 4) is 0 Å². The lowest BCUT2D eigenvalue weighted by molar-refractivity contribution is -0.137. The van der Waals surface area contributed by atoms with Gasteiger partial charge in [-0.25, -0.2) is 13.4 Å². The van der Waals surface area contributed by atoms with Crippen molar-refractivity contribution in [1.29, 1.82) is 0 Å². The molecule has 2 heterocycles. The Bertz CT molecular complexity index is 912. The standard InChI is InChI=1S/C16H16ClF3N2O3S/c1-10-9-21-15(25-10)13-4-2-3-7-22(13)26(23,24)14-6-5-11(8-12(14)17)16(18,19)20/h5-6,8-9,13H,2-4,7H2,1H3. The van der Waals surface area contributed by atoms with E-state index in [1.54, 1.807) is 6.92 Å².